The third kappa shape index (κ3) is 7.81. The quantitative estimate of drug-likeness (QED) is 0.177. The second-order valence-electron chi connectivity index (χ2n) is 10.8. The standard InChI is InChI=1S/C20H17NO2.C20H19N/c1-14-7-10-17(11-8-14)21-19-13-16(9-12-18(19)20(22)23)15-5-3-2-4-6-15;1-15-8-12-19(13-9-15)21-20-14-18(11-10-16(20)2)17-6-4-3-5-7-17/h2-13,21H,1H3,(H,22,23);3-14,21H,1-2H3. The van der Waals surface area contributed by atoms with Crippen LogP contribution >= 0.6 is 0 Å². The van der Waals surface area contributed by atoms with Gasteiger partial charge in [-0.3, -0.25) is 0 Å². The lowest BCUT2D eigenvalue weighted by molar-refractivity contribution is 0.0698. The van der Waals surface area contributed by atoms with Crippen LogP contribution in [0.3, 0.4) is 0 Å². The summed E-state index contributed by atoms with van der Waals surface area (Å²) in [5.74, 6) is -0.945. The molecule has 4 nitrogen and oxygen atoms in total. The average molecular weight is 577 g/mol. The number of carboxylic acids is 1. The Labute approximate surface area is 259 Å². The van der Waals surface area contributed by atoms with E-state index < -0.39 is 5.97 Å². The fourth-order valence-electron chi connectivity index (χ4n) is 4.80. The van der Waals surface area contributed by atoms with Gasteiger partial charge in [0.05, 0.1) is 11.3 Å². The van der Waals surface area contributed by atoms with Gasteiger partial charge in [-0.05, 0) is 91.1 Å². The van der Waals surface area contributed by atoms with Gasteiger partial charge < -0.3 is 15.7 Å². The molecule has 0 radical (unpaired) electrons. The average Bonchev–Trinajstić information content (AvgIpc) is 3.05. The number of rotatable bonds is 7. The number of aromatic carboxylic acids is 1. The number of anilines is 4. The van der Waals surface area contributed by atoms with E-state index in [1.54, 1.807) is 6.07 Å². The Balaban J connectivity index is 0.000000175. The van der Waals surface area contributed by atoms with Gasteiger partial charge in [0.1, 0.15) is 0 Å². The van der Waals surface area contributed by atoms with Crippen molar-refractivity contribution in [1.29, 1.82) is 0 Å². The lowest BCUT2D eigenvalue weighted by Gasteiger charge is -2.12. The van der Waals surface area contributed by atoms with Gasteiger partial charge in [-0.2, -0.15) is 0 Å². The molecule has 6 aromatic carbocycles. The summed E-state index contributed by atoms with van der Waals surface area (Å²) in [5.41, 5.74) is 12.2. The monoisotopic (exact) mass is 576 g/mol. The topological polar surface area (TPSA) is 61.4 Å². The number of hydrogen-bond acceptors (Lipinski definition) is 3. The van der Waals surface area contributed by atoms with Gasteiger partial charge in [0.2, 0.25) is 0 Å². The Bertz CT molecular complexity index is 1830. The van der Waals surface area contributed by atoms with E-state index >= 15 is 0 Å². The van der Waals surface area contributed by atoms with Gasteiger partial charge in [0.25, 0.3) is 0 Å². The predicted molar refractivity (Wildman–Crippen MR) is 184 cm³/mol. The molecule has 0 unspecified atom stereocenters. The summed E-state index contributed by atoms with van der Waals surface area (Å²) in [5, 5.41) is 16.1. The van der Waals surface area contributed by atoms with Gasteiger partial charge in [0.15, 0.2) is 0 Å². The van der Waals surface area contributed by atoms with Crippen LogP contribution in [0.5, 0.6) is 0 Å². The molecule has 0 atom stereocenters. The summed E-state index contributed by atoms with van der Waals surface area (Å²) in [6.07, 6.45) is 0. The SMILES string of the molecule is Cc1ccc(Nc2cc(-c3ccccc3)ccc2C(=O)O)cc1.Cc1ccc(Nc2cc(-c3ccccc3)ccc2C)cc1. The summed E-state index contributed by atoms with van der Waals surface area (Å²) in [6.45, 7) is 6.25. The molecule has 0 bridgehead atoms. The number of nitrogens with one attached hydrogen (secondary N) is 2. The molecule has 0 heterocycles. The zero-order chi connectivity index (χ0) is 30.9. The minimum atomic E-state index is -0.945. The number of carbonyl (C=O) groups is 1. The molecule has 0 aliphatic heterocycles. The Morgan fingerprint density at radius 1 is 0.477 bits per heavy atom. The van der Waals surface area contributed by atoms with Crippen LogP contribution in [0.4, 0.5) is 22.7 Å². The van der Waals surface area contributed by atoms with E-state index in [0.29, 0.717) is 5.69 Å². The van der Waals surface area contributed by atoms with Crippen molar-refractivity contribution < 1.29 is 9.90 Å². The van der Waals surface area contributed by atoms with Crippen molar-refractivity contribution in [3.05, 3.63) is 168 Å². The summed E-state index contributed by atoms with van der Waals surface area (Å²) >= 11 is 0. The van der Waals surface area contributed by atoms with Crippen LogP contribution in [0.1, 0.15) is 27.0 Å². The molecule has 3 N–H and O–H groups in total. The molecular weight excluding hydrogens is 540 g/mol. The van der Waals surface area contributed by atoms with Crippen molar-refractivity contribution in [3.63, 3.8) is 0 Å². The fraction of sp³-hybridized carbons (Fsp3) is 0.0750. The first-order chi connectivity index (χ1) is 21.4. The molecule has 0 aliphatic rings. The minimum Gasteiger partial charge on any atom is -0.478 e. The molecule has 0 aliphatic carbocycles. The van der Waals surface area contributed by atoms with Gasteiger partial charge in [-0.25, -0.2) is 4.79 Å². The largest absolute Gasteiger partial charge is 0.478 e. The van der Waals surface area contributed by atoms with Crippen molar-refractivity contribution in [2.24, 2.45) is 0 Å². The zero-order valence-electron chi connectivity index (χ0n) is 25.2. The molecule has 0 spiro atoms. The number of carboxylic acid groups (broad SMARTS) is 1. The van der Waals surface area contributed by atoms with Gasteiger partial charge >= 0.3 is 5.97 Å². The van der Waals surface area contributed by atoms with Crippen LogP contribution in [0, 0.1) is 20.8 Å². The Morgan fingerprint density at radius 2 is 0.909 bits per heavy atom. The highest BCUT2D eigenvalue weighted by molar-refractivity contribution is 5.96. The molecule has 6 rings (SSSR count). The number of benzene rings is 6. The second kappa shape index (κ2) is 14.0. The zero-order valence-corrected chi connectivity index (χ0v) is 25.2. The third-order valence-electron chi connectivity index (χ3n) is 7.36. The molecule has 44 heavy (non-hydrogen) atoms. The second-order valence-corrected chi connectivity index (χ2v) is 10.8. The fourth-order valence-corrected chi connectivity index (χ4v) is 4.80. The summed E-state index contributed by atoms with van der Waals surface area (Å²) in [4.78, 5) is 11.5. The maximum absolute atomic E-state index is 11.5. The van der Waals surface area contributed by atoms with Crippen molar-refractivity contribution in [3.8, 4) is 22.3 Å². The van der Waals surface area contributed by atoms with Crippen LogP contribution in [0.25, 0.3) is 22.3 Å². The Kier molecular flexibility index (Phi) is 9.53. The van der Waals surface area contributed by atoms with Crippen LogP contribution in [0.15, 0.2) is 146 Å². The smallest absolute Gasteiger partial charge is 0.337 e. The summed E-state index contributed by atoms with van der Waals surface area (Å²) in [6, 6.07) is 48.6. The number of aryl methyl sites for hydroxylation is 3. The van der Waals surface area contributed by atoms with Gasteiger partial charge in [-0.15, -0.1) is 0 Å². The third-order valence-corrected chi connectivity index (χ3v) is 7.36. The molecular formula is C40H36N2O2. The first kappa shape index (κ1) is 29.9. The molecule has 0 amide bonds. The Hall–Kier alpha value is -5.61. The van der Waals surface area contributed by atoms with E-state index in [1.165, 1.54) is 22.3 Å². The first-order valence-electron chi connectivity index (χ1n) is 14.6. The van der Waals surface area contributed by atoms with Crippen LogP contribution in [-0.2, 0) is 0 Å². The van der Waals surface area contributed by atoms with E-state index in [1.807, 2.05) is 79.7 Å². The van der Waals surface area contributed by atoms with Gasteiger partial charge in [-0.1, -0.05) is 114 Å². The molecule has 4 heteroatoms. The van der Waals surface area contributed by atoms with Crippen LogP contribution < -0.4 is 10.6 Å². The maximum atomic E-state index is 11.5. The lowest BCUT2D eigenvalue weighted by atomic mass is 10.0. The van der Waals surface area contributed by atoms with E-state index in [-0.39, 0.29) is 5.56 Å². The highest BCUT2D eigenvalue weighted by Gasteiger charge is 2.12. The summed E-state index contributed by atoms with van der Waals surface area (Å²) < 4.78 is 0. The van der Waals surface area contributed by atoms with E-state index in [0.717, 1.165) is 33.8 Å². The molecule has 0 saturated carbocycles. The maximum Gasteiger partial charge on any atom is 0.337 e. The van der Waals surface area contributed by atoms with Crippen LogP contribution in [-0.4, -0.2) is 11.1 Å². The van der Waals surface area contributed by atoms with E-state index in [2.05, 4.69) is 91.2 Å². The molecule has 0 fully saturated rings. The number of hydrogen-bond donors (Lipinski definition) is 3. The first-order valence-corrected chi connectivity index (χ1v) is 14.6. The normalized spacial score (nSPS) is 10.3. The predicted octanol–water partition coefficient (Wildman–Crippen LogP) is 10.8. The molecule has 6 aromatic rings. The molecule has 0 aromatic heterocycles. The van der Waals surface area contributed by atoms with Crippen molar-refractivity contribution >= 4 is 28.7 Å². The Morgan fingerprint density at radius 3 is 1.39 bits per heavy atom. The van der Waals surface area contributed by atoms with E-state index in [4.69, 9.17) is 0 Å². The highest BCUT2D eigenvalue weighted by atomic mass is 16.4. The summed E-state index contributed by atoms with van der Waals surface area (Å²) in [7, 11) is 0. The minimum absolute atomic E-state index is 0.255. The van der Waals surface area contributed by atoms with Gasteiger partial charge in [0, 0.05) is 17.1 Å². The molecule has 218 valence electrons. The van der Waals surface area contributed by atoms with Crippen molar-refractivity contribution in [2.45, 2.75) is 20.8 Å². The van der Waals surface area contributed by atoms with Crippen molar-refractivity contribution in [1.82, 2.24) is 0 Å². The van der Waals surface area contributed by atoms with Crippen molar-refractivity contribution in [2.75, 3.05) is 10.6 Å². The van der Waals surface area contributed by atoms with Crippen LogP contribution in [0.2, 0.25) is 0 Å². The lowest BCUT2D eigenvalue weighted by Crippen LogP contribution is -2.03. The molecule has 0 saturated heterocycles. The highest BCUT2D eigenvalue weighted by Crippen LogP contribution is 2.29. The van der Waals surface area contributed by atoms with E-state index in [9.17, 15) is 9.90 Å².